The Bertz CT molecular complexity index is 528. The molecule has 0 atom stereocenters. The minimum Gasteiger partial charge on any atom is -0.489 e. The summed E-state index contributed by atoms with van der Waals surface area (Å²) in [5.41, 5.74) is 7.37. The van der Waals surface area contributed by atoms with Crippen LogP contribution in [0.25, 0.3) is 0 Å². The first-order valence-electron chi connectivity index (χ1n) is 5.55. The van der Waals surface area contributed by atoms with Gasteiger partial charge in [-0.1, -0.05) is 23.7 Å². The van der Waals surface area contributed by atoms with Crippen molar-refractivity contribution in [2.45, 2.75) is 13.2 Å². The molecule has 2 aromatic rings. The predicted molar refractivity (Wildman–Crippen MR) is 70.1 cm³/mol. The zero-order valence-corrected chi connectivity index (χ0v) is 10.5. The fourth-order valence-corrected chi connectivity index (χ4v) is 1.78. The normalized spacial score (nSPS) is 10.4. The third-order valence-corrected chi connectivity index (χ3v) is 2.79. The summed E-state index contributed by atoms with van der Waals surface area (Å²) in [5, 5.41) is 0.629. The minimum atomic E-state index is -0.257. The highest BCUT2D eigenvalue weighted by molar-refractivity contribution is 6.30. The minimum absolute atomic E-state index is 0.257. The zero-order chi connectivity index (χ0) is 13.0. The first-order chi connectivity index (χ1) is 8.69. The van der Waals surface area contributed by atoms with E-state index in [1.807, 2.05) is 0 Å². The van der Waals surface area contributed by atoms with E-state index < -0.39 is 0 Å². The summed E-state index contributed by atoms with van der Waals surface area (Å²) in [5.74, 6) is 0.444. The summed E-state index contributed by atoms with van der Waals surface area (Å²) in [7, 11) is 0. The van der Waals surface area contributed by atoms with Crippen molar-refractivity contribution in [3.63, 3.8) is 0 Å². The molecule has 0 spiro atoms. The quantitative estimate of drug-likeness (QED) is 0.918. The molecule has 0 aromatic heterocycles. The molecule has 0 saturated carbocycles. The van der Waals surface area contributed by atoms with E-state index in [1.165, 1.54) is 12.1 Å². The molecule has 94 valence electrons. The highest BCUT2D eigenvalue weighted by Crippen LogP contribution is 2.23. The van der Waals surface area contributed by atoms with Crippen molar-refractivity contribution in [1.29, 1.82) is 0 Å². The molecule has 0 aliphatic carbocycles. The summed E-state index contributed by atoms with van der Waals surface area (Å²) in [6.45, 7) is 0.730. The second-order valence-electron chi connectivity index (χ2n) is 3.87. The molecule has 0 aliphatic heterocycles. The molecule has 0 fully saturated rings. The van der Waals surface area contributed by atoms with E-state index in [0.29, 0.717) is 23.9 Å². The molecule has 2 N–H and O–H groups in total. The molecule has 0 amide bonds. The molecule has 2 rings (SSSR count). The Morgan fingerprint density at radius 2 is 1.83 bits per heavy atom. The van der Waals surface area contributed by atoms with Crippen LogP contribution in [-0.4, -0.2) is 0 Å². The van der Waals surface area contributed by atoms with E-state index in [4.69, 9.17) is 22.1 Å². The molecular weight excluding hydrogens is 253 g/mol. The van der Waals surface area contributed by atoms with Crippen LogP contribution in [0.4, 0.5) is 4.39 Å². The molecule has 0 radical (unpaired) electrons. The lowest BCUT2D eigenvalue weighted by atomic mass is 10.2. The SMILES string of the molecule is NCc1cc(Cl)ccc1OCc1ccc(F)cc1. The van der Waals surface area contributed by atoms with Crippen molar-refractivity contribution in [1.82, 2.24) is 0 Å². The van der Waals surface area contributed by atoms with Crippen LogP contribution in [0.2, 0.25) is 5.02 Å². The number of nitrogens with two attached hydrogens (primary N) is 1. The number of ether oxygens (including phenoxy) is 1. The number of benzene rings is 2. The lowest BCUT2D eigenvalue weighted by Crippen LogP contribution is -2.02. The Morgan fingerprint density at radius 1 is 1.11 bits per heavy atom. The van der Waals surface area contributed by atoms with Crippen molar-refractivity contribution >= 4 is 11.6 Å². The average molecular weight is 266 g/mol. The maximum atomic E-state index is 12.7. The smallest absolute Gasteiger partial charge is 0.124 e. The second-order valence-corrected chi connectivity index (χ2v) is 4.31. The van der Waals surface area contributed by atoms with Gasteiger partial charge in [0.2, 0.25) is 0 Å². The van der Waals surface area contributed by atoms with Crippen LogP contribution < -0.4 is 10.5 Å². The molecule has 0 saturated heterocycles. The van der Waals surface area contributed by atoms with E-state index in [2.05, 4.69) is 0 Å². The van der Waals surface area contributed by atoms with Gasteiger partial charge in [0, 0.05) is 17.1 Å². The average Bonchev–Trinajstić information content (AvgIpc) is 2.39. The van der Waals surface area contributed by atoms with Gasteiger partial charge in [-0.3, -0.25) is 0 Å². The van der Waals surface area contributed by atoms with Gasteiger partial charge >= 0.3 is 0 Å². The number of halogens is 2. The molecule has 0 unspecified atom stereocenters. The second kappa shape index (κ2) is 5.85. The Kier molecular flexibility index (Phi) is 4.18. The van der Waals surface area contributed by atoms with Crippen LogP contribution in [0.5, 0.6) is 5.75 Å². The molecule has 0 heterocycles. The topological polar surface area (TPSA) is 35.2 Å². The largest absolute Gasteiger partial charge is 0.489 e. The summed E-state index contributed by atoms with van der Waals surface area (Å²) >= 11 is 5.88. The predicted octanol–water partition coefficient (Wildman–Crippen LogP) is 3.52. The summed E-state index contributed by atoms with van der Waals surface area (Å²) < 4.78 is 18.4. The summed E-state index contributed by atoms with van der Waals surface area (Å²) in [6.07, 6.45) is 0. The number of hydrogen-bond acceptors (Lipinski definition) is 2. The molecule has 18 heavy (non-hydrogen) atoms. The fourth-order valence-electron chi connectivity index (χ4n) is 1.59. The van der Waals surface area contributed by atoms with Gasteiger partial charge < -0.3 is 10.5 Å². The maximum absolute atomic E-state index is 12.7. The van der Waals surface area contributed by atoms with Crippen molar-refractivity contribution in [2.75, 3.05) is 0 Å². The number of hydrogen-bond donors (Lipinski definition) is 1. The van der Waals surface area contributed by atoms with Crippen LogP contribution in [0, 0.1) is 5.82 Å². The highest BCUT2D eigenvalue weighted by atomic mass is 35.5. The van der Waals surface area contributed by atoms with Crippen molar-refractivity contribution in [3.8, 4) is 5.75 Å². The van der Waals surface area contributed by atoms with Gasteiger partial charge in [-0.05, 0) is 35.9 Å². The standard InChI is InChI=1S/C14H13ClFNO/c15-12-3-6-14(11(7-12)8-17)18-9-10-1-4-13(16)5-2-10/h1-7H,8-9,17H2. The van der Waals surface area contributed by atoms with Crippen molar-refractivity contribution in [2.24, 2.45) is 5.73 Å². The van der Waals surface area contributed by atoms with Crippen LogP contribution in [0.1, 0.15) is 11.1 Å². The molecule has 0 bridgehead atoms. The highest BCUT2D eigenvalue weighted by Gasteiger charge is 2.03. The lowest BCUT2D eigenvalue weighted by molar-refractivity contribution is 0.303. The van der Waals surface area contributed by atoms with E-state index in [1.54, 1.807) is 30.3 Å². The van der Waals surface area contributed by atoms with Gasteiger partial charge in [0.15, 0.2) is 0 Å². The van der Waals surface area contributed by atoms with Crippen LogP contribution in [0.15, 0.2) is 42.5 Å². The monoisotopic (exact) mass is 265 g/mol. The van der Waals surface area contributed by atoms with Gasteiger partial charge in [0.25, 0.3) is 0 Å². The van der Waals surface area contributed by atoms with Gasteiger partial charge in [-0.25, -0.2) is 4.39 Å². The molecular formula is C14H13ClFNO. The van der Waals surface area contributed by atoms with Crippen molar-refractivity contribution < 1.29 is 9.13 Å². The van der Waals surface area contributed by atoms with Crippen LogP contribution in [0.3, 0.4) is 0 Å². The first kappa shape index (κ1) is 12.9. The van der Waals surface area contributed by atoms with Crippen LogP contribution in [-0.2, 0) is 13.2 Å². The van der Waals surface area contributed by atoms with E-state index in [-0.39, 0.29) is 5.82 Å². The molecule has 2 nitrogen and oxygen atoms in total. The molecule has 0 aliphatic rings. The third-order valence-electron chi connectivity index (χ3n) is 2.55. The molecule has 2 aromatic carbocycles. The summed E-state index contributed by atoms with van der Waals surface area (Å²) in [4.78, 5) is 0. The Labute approximate surface area is 110 Å². The third kappa shape index (κ3) is 3.22. The fraction of sp³-hybridized carbons (Fsp3) is 0.143. The van der Waals surface area contributed by atoms with E-state index in [9.17, 15) is 4.39 Å². The number of rotatable bonds is 4. The van der Waals surface area contributed by atoms with Gasteiger partial charge in [0.05, 0.1) is 0 Å². The van der Waals surface area contributed by atoms with Crippen LogP contribution >= 0.6 is 11.6 Å². The Morgan fingerprint density at radius 3 is 2.50 bits per heavy atom. The Balaban J connectivity index is 2.08. The maximum Gasteiger partial charge on any atom is 0.124 e. The van der Waals surface area contributed by atoms with E-state index >= 15 is 0 Å². The first-order valence-corrected chi connectivity index (χ1v) is 5.92. The summed E-state index contributed by atoms with van der Waals surface area (Å²) in [6, 6.07) is 11.5. The zero-order valence-electron chi connectivity index (χ0n) is 9.70. The van der Waals surface area contributed by atoms with Gasteiger partial charge in [-0.2, -0.15) is 0 Å². The van der Waals surface area contributed by atoms with Gasteiger partial charge in [0.1, 0.15) is 18.2 Å². The van der Waals surface area contributed by atoms with Crippen molar-refractivity contribution in [3.05, 3.63) is 64.4 Å². The lowest BCUT2D eigenvalue weighted by Gasteiger charge is -2.10. The Hall–Kier alpha value is -1.58. The van der Waals surface area contributed by atoms with Gasteiger partial charge in [-0.15, -0.1) is 0 Å². The molecule has 4 heteroatoms. The van der Waals surface area contributed by atoms with E-state index in [0.717, 1.165) is 11.1 Å².